The number of hydrogen-bond acceptors (Lipinski definition) is 9. The summed E-state index contributed by atoms with van der Waals surface area (Å²) in [6.07, 6.45) is 7.23. The van der Waals surface area contributed by atoms with Gasteiger partial charge in [0, 0.05) is 23.9 Å². The Bertz CT molecular complexity index is 2110. The quantitative estimate of drug-likeness (QED) is 0.101. The molecule has 3 aromatic rings. The van der Waals surface area contributed by atoms with E-state index in [-0.39, 0.29) is 54.9 Å². The molecule has 4 aliphatic rings. The van der Waals surface area contributed by atoms with Gasteiger partial charge in [0.1, 0.15) is 5.82 Å². The Labute approximate surface area is 327 Å². The monoisotopic (exact) mass is 785 g/mol. The first kappa shape index (κ1) is 38.6. The summed E-state index contributed by atoms with van der Waals surface area (Å²) in [5, 5.41) is 21.0. The molecule has 2 aliphatic carbocycles. The van der Waals surface area contributed by atoms with Crippen molar-refractivity contribution >= 4 is 53.0 Å². The highest BCUT2D eigenvalue weighted by Crippen LogP contribution is 2.61. The van der Waals surface area contributed by atoms with Crippen molar-refractivity contribution in [2.45, 2.75) is 43.9 Å². The molecule has 4 amide bonds. The first-order chi connectivity index (χ1) is 26.9. The van der Waals surface area contributed by atoms with Gasteiger partial charge < -0.3 is 19.7 Å². The van der Waals surface area contributed by atoms with Crippen LogP contribution in [0, 0.1) is 35.4 Å². The zero-order chi connectivity index (χ0) is 39.9. The number of carbonyl (C=O) groups is 5. The number of nitrogens with one attached hydrogen (secondary N) is 1. The number of carboxylic acids is 1. The Kier molecular flexibility index (Phi) is 10.6. The number of fused-ring (bicyclic) bond motifs is 4. The number of hydrogen-bond donors (Lipinski definition) is 3. The Morgan fingerprint density at radius 3 is 2.27 bits per heavy atom. The van der Waals surface area contributed by atoms with E-state index in [9.17, 15) is 28.7 Å². The molecule has 2 aliphatic heterocycles. The number of imide groups is 2. The van der Waals surface area contributed by atoms with Gasteiger partial charge >= 0.3 is 5.97 Å². The number of benzene rings is 3. The number of ether oxygens (including phenoxy) is 2. The van der Waals surface area contributed by atoms with E-state index < -0.39 is 58.6 Å². The number of allylic oxidation sites excluding steroid dienone is 3. The molecule has 292 valence electrons. The van der Waals surface area contributed by atoms with Gasteiger partial charge in [0.15, 0.2) is 11.5 Å². The fourth-order valence-electron chi connectivity index (χ4n) is 9.13. The normalized spacial score (nSPS) is 25.6. The van der Waals surface area contributed by atoms with Crippen LogP contribution >= 0.6 is 11.6 Å². The third kappa shape index (κ3) is 6.57. The summed E-state index contributed by atoms with van der Waals surface area (Å²) >= 11 is 6.36. The number of phenols is 1. The van der Waals surface area contributed by atoms with Crippen molar-refractivity contribution in [1.82, 2.24) is 9.91 Å². The molecule has 2 heterocycles. The van der Waals surface area contributed by atoms with Crippen molar-refractivity contribution in [3.63, 3.8) is 0 Å². The number of amides is 4. The SMILES string of the molecule is COc1cc(C=C[C@H]2C3=CC[C@@H]4C(=O)N(CCCCCC(=O)O)C(=O)[C@@H]4[C@@H]3C[C@H]3C(=O)N(Nc4ccc(F)cc4)C(=O)[C@@]23c2ccc(Cl)cc2)cc(OC)c1O. The largest absolute Gasteiger partial charge is 0.502 e. The molecule has 0 unspecified atom stereocenters. The summed E-state index contributed by atoms with van der Waals surface area (Å²) in [7, 11) is 2.81. The Morgan fingerprint density at radius 1 is 0.946 bits per heavy atom. The van der Waals surface area contributed by atoms with Crippen LogP contribution in [0.4, 0.5) is 10.1 Å². The number of carboxylic acid groups (broad SMARTS) is 1. The third-order valence-corrected chi connectivity index (χ3v) is 11.9. The second kappa shape index (κ2) is 15.4. The first-order valence-corrected chi connectivity index (χ1v) is 18.8. The molecule has 0 aromatic heterocycles. The maximum absolute atomic E-state index is 15.2. The summed E-state index contributed by atoms with van der Waals surface area (Å²) in [5.74, 6) is -6.93. The number of phenolic OH excluding ortho intramolecular Hbond substituents is 1. The lowest BCUT2D eigenvalue weighted by atomic mass is 9.50. The van der Waals surface area contributed by atoms with Crippen LogP contribution in [0.2, 0.25) is 5.02 Å². The maximum Gasteiger partial charge on any atom is 0.303 e. The Hall–Kier alpha value is -5.69. The number of likely N-dealkylation sites (tertiary alicyclic amines) is 1. The molecule has 6 atom stereocenters. The Balaban J connectivity index is 1.35. The minimum Gasteiger partial charge on any atom is -0.502 e. The second-order valence-corrected chi connectivity index (χ2v) is 15.0. The average molecular weight is 786 g/mol. The van der Waals surface area contributed by atoms with Crippen molar-refractivity contribution in [3.8, 4) is 17.2 Å². The van der Waals surface area contributed by atoms with Gasteiger partial charge in [-0.15, -0.1) is 0 Å². The standard InChI is InChI=1S/C42H41ClFN3O9/c1-55-33-20-23(21-34(56-2)37(33)50)7-18-31-28-16-17-29-36(40(53)46(38(29)51)19-5-3-4-6-35(48)49)30(28)22-32-39(52)47(45-27-14-12-26(44)13-15-27)41(54)42(31,32)24-8-10-25(43)11-9-24/h7-16,18,20-21,29-32,36,45,50H,3-6,17,19,22H2,1-2H3,(H,48,49)/t29-,30+,31-,32-,36-,42-/m0/s1. The van der Waals surface area contributed by atoms with Gasteiger partial charge in [-0.2, -0.15) is 5.01 Å². The van der Waals surface area contributed by atoms with E-state index in [0.717, 1.165) is 10.6 Å². The van der Waals surface area contributed by atoms with Crippen LogP contribution in [0.1, 0.15) is 49.7 Å². The van der Waals surface area contributed by atoms with Crippen LogP contribution in [-0.2, 0) is 29.4 Å². The molecule has 0 bridgehead atoms. The van der Waals surface area contributed by atoms with Gasteiger partial charge in [-0.1, -0.05) is 54.0 Å². The molecule has 0 spiro atoms. The Morgan fingerprint density at radius 2 is 1.62 bits per heavy atom. The number of nitrogens with zero attached hydrogens (tertiary/aromatic N) is 2. The summed E-state index contributed by atoms with van der Waals surface area (Å²) in [4.78, 5) is 70.4. The van der Waals surface area contributed by atoms with Gasteiger partial charge in [0.2, 0.25) is 17.6 Å². The van der Waals surface area contributed by atoms with E-state index in [0.29, 0.717) is 41.1 Å². The smallest absolute Gasteiger partial charge is 0.303 e. The zero-order valence-corrected chi connectivity index (χ0v) is 31.5. The van der Waals surface area contributed by atoms with E-state index in [2.05, 4.69) is 5.43 Å². The number of aliphatic carboxylic acids is 1. The lowest BCUT2D eigenvalue weighted by Gasteiger charge is -2.49. The number of unbranched alkanes of at least 4 members (excludes halogenated alkanes) is 2. The highest BCUT2D eigenvalue weighted by atomic mass is 35.5. The number of anilines is 1. The molecule has 0 radical (unpaired) electrons. The molecule has 7 rings (SSSR count). The van der Waals surface area contributed by atoms with E-state index in [1.165, 1.54) is 43.4 Å². The van der Waals surface area contributed by atoms with Gasteiger partial charge in [-0.25, -0.2) is 4.39 Å². The highest BCUT2D eigenvalue weighted by Gasteiger charge is 2.69. The van der Waals surface area contributed by atoms with E-state index in [1.807, 2.05) is 12.2 Å². The average Bonchev–Trinajstić information content (AvgIpc) is 3.55. The van der Waals surface area contributed by atoms with Crippen LogP contribution in [-0.4, -0.2) is 70.5 Å². The lowest BCUT2D eigenvalue weighted by Crippen LogP contribution is -2.54. The van der Waals surface area contributed by atoms with Crippen molar-refractivity contribution in [2.24, 2.45) is 29.6 Å². The van der Waals surface area contributed by atoms with Gasteiger partial charge in [0.05, 0.1) is 43.1 Å². The molecule has 3 aromatic carbocycles. The molecule has 14 heteroatoms. The number of halogens is 2. The molecule has 2 saturated heterocycles. The van der Waals surface area contributed by atoms with Gasteiger partial charge in [-0.3, -0.25) is 34.3 Å². The summed E-state index contributed by atoms with van der Waals surface area (Å²) in [6, 6.07) is 15.2. The van der Waals surface area contributed by atoms with E-state index in [4.69, 9.17) is 26.2 Å². The van der Waals surface area contributed by atoms with Gasteiger partial charge in [-0.05, 0) is 91.3 Å². The van der Waals surface area contributed by atoms with Crippen LogP contribution in [0.3, 0.4) is 0 Å². The van der Waals surface area contributed by atoms with Gasteiger partial charge in [0.25, 0.3) is 11.8 Å². The van der Waals surface area contributed by atoms with Crippen molar-refractivity contribution in [3.05, 3.63) is 100 Å². The fourth-order valence-corrected chi connectivity index (χ4v) is 9.25. The predicted molar refractivity (Wildman–Crippen MR) is 203 cm³/mol. The van der Waals surface area contributed by atoms with Crippen LogP contribution < -0.4 is 14.9 Å². The first-order valence-electron chi connectivity index (χ1n) is 18.5. The van der Waals surface area contributed by atoms with E-state index in [1.54, 1.807) is 42.5 Å². The fraction of sp³-hybridized carbons (Fsp3) is 0.357. The lowest BCUT2D eigenvalue weighted by molar-refractivity contribution is -0.141. The molecule has 1 saturated carbocycles. The van der Waals surface area contributed by atoms with Crippen LogP contribution in [0.5, 0.6) is 17.2 Å². The third-order valence-electron chi connectivity index (χ3n) is 11.7. The summed E-state index contributed by atoms with van der Waals surface area (Å²) in [5.41, 5.74) is 3.48. The van der Waals surface area contributed by atoms with Crippen LogP contribution in [0.25, 0.3) is 6.08 Å². The molecule has 56 heavy (non-hydrogen) atoms. The summed E-state index contributed by atoms with van der Waals surface area (Å²) in [6.45, 7) is 0.158. The molecule has 12 nitrogen and oxygen atoms in total. The zero-order valence-electron chi connectivity index (χ0n) is 30.7. The second-order valence-electron chi connectivity index (χ2n) is 14.6. The number of carbonyl (C=O) groups excluding carboxylic acids is 4. The highest BCUT2D eigenvalue weighted by molar-refractivity contribution is 6.30. The minimum atomic E-state index is -1.55. The number of methoxy groups -OCH3 is 2. The van der Waals surface area contributed by atoms with E-state index >= 15 is 4.79 Å². The number of hydrazine groups is 1. The topological polar surface area (TPSA) is 163 Å². The molecule has 3 fully saturated rings. The molecular weight excluding hydrogens is 745 g/mol. The van der Waals surface area contributed by atoms with Crippen molar-refractivity contribution in [1.29, 1.82) is 0 Å². The minimum absolute atomic E-state index is 0.00233. The van der Waals surface area contributed by atoms with Crippen molar-refractivity contribution in [2.75, 3.05) is 26.2 Å². The van der Waals surface area contributed by atoms with Crippen molar-refractivity contribution < 1.29 is 48.0 Å². The summed E-state index contributed by atoms with van der Waals surface area (Å²) < 4.78 is 24.7. The predicted octanol–water partition coefficient (Wildman–Crippen LogP) is 6.38. The maximum atomic E-state index is 15.2. The number of aromatic hydroxyl groups is 1. The molecular formula is C42H41ClFN3O9. The number of rotatable bonds is 13. The molecule has 3 N–H and O–H groups in total. The van der Waals surface area contributed by atoms with Crippen LogP contribution in [0.15, 0.2) is 78.4 Å².